The van der Waals surface area contributed by atoms with E-state index in [2.05, 4.69) is 51.1 Å². The molecule has 1 amide bonds. The van der Waals surface area contributed by atoms with Gasteiger partial charge in [-0.2, -0.15) is 9.29 Å². The van der Waals surface area contributed by atoms with Crippen molar-refractivity contribution in [3.63, 3.8) is 0 Å². The lowest BCUT2D eigenvalue weighted by Crippen LogP contribution is -2.55. The van der Waals surface area contributed by atoms with Crippen LogP contribution in [0.2, 0.25) is 5.02 Å². The molecule has 3 heterocycles. The number of methoxy groups -OCH3 is 1. The van der Waals surface area contributed by atoms with Crippen LogP contribution in [-0.4, -0.2) is 99.3 Å². The highest BCUT2D eigenvalue weighted by Gasteiger charge is 2.35. The molecule has 1 aromatic heterocycles. The number of ether oxygens (including phenoxy) is 2. The molecule has 2 aliphatic heterocycles. The highest BCUT2D eigenvalue weighted by Crippen LogP contribution is 2.39. The van der Waals surface area contributed by atoms with Crippen molar-refractivity contribution in [1.82, 2.24) is 19.2 Å². The smallest absolute Gasteiger partial charge is 0.247 e. The number of halogens is 1. The Morgan fingerprint density at radius 3 is 2.51 bits per heavy atom. The molecule has 0 unspecified atom stereocenters. The van der Waals surface area contributed by atoms with Gasteiger partial charge in [-0.25, -0.2) is 13.4 Å². The second-order valence-corrected chi connectivity index (χ2v) is 12.1. The van der Waals surface area contributed by atoms with E-state index in [9.17, 15) is 13.2 Å². The molecule has 0 atom stereocenters. The summed E-state index contributed by atoms with van der Waals surface area (Å²) in [6, 6.07) is 4.14. The number of amides is 1. The Morgan fingerprint density at radius 2 is 1.92 bits per heavy atom. The molecule has 4 rings (SSSR count). The first-order valence-corrected chi connectivity index (χ1v) is 14.7. The predicted octanol–water partition coefficient (Wildman–Crippen LogP) is 2.56. The third-order valence-corrected chi connectivity index (χ3v) is 8.31. The molecule has 2 aromatic rings. The molecule has 2 saturated heterocycles. The zero-order valence-corrected chi connectivity index (χ0v) is 24.0. The largest absolute Gasteiger partial charge is 0.494 e. The summed E-state index contributed by atoms with van der Waals surface area (Å²) in [5.74, 6) is 0.511. The van der Waals surface area contributed by atoms with Gasteiger partial charge in [-0.3, -0.25) is 4.79 Å². The Balaban J connectivity index is 1.57. The van der Waals surface area contributed by atoms with E-state index in [1.165, 1.54) is 16.6 Å². The van der Waals surface area contributed by atoms with E-state index in [1.54, 1.807) is 13.2 Å². The molecule has 2 fully saturated rings. The summed E-state index contributed by atoms with van der Waals surface area (Å²) < 4.78 is 36.1. The predicted molar refractivity (Wildman–Crippen MR) is 152 cm³/mol. The lowest BCUT2D eigenvalue weighted by Gasteiger charge is -2.37. The quantitative estimate of drug-likeness (QED) is 0.405. The van der Waals surface area contributed by atoms with Gasteiger partial charge >= 0.3 is 0 Å². The number of carbonyl (C=O) groups is 1. The van der Waals surface area contributed by atoms with Gasteiger partial charge in [0, 0.05) is 25.2 Å². The van der Waals surface area contributed by atoms with Crippen molar-refractivity contribution in [2.45, 2.75) is 25.0 Å². The van der Waals surface area contributed by atoms with Crippen LogP contribution in [0, 0.1) is 0 Å². The third-order valence-electron chi connectivity index (χ3n) is 6.82. The Labute approximate surface area is 234 Å². The number of benzene rings is 1. The summed E-state index contributed by atoms with van der Waals surface area (Å²) in [5, 5.41) is 6.22. The average molecular weight is 580 g/mol. The third kappa shape index (κ3) is 6.90. The molecule has 0 aliphatic carbocycles. The number of aromatic nitrogens is 2. The normalized spacial score (nSPS) is 17.0. The van der Waals surface area contributed by atoms with Gasteiger partial charge in [0.15, 0.2) is 0 Å². The molecule has 14 heteroatoms. The number of piperidine rings is 1. The number of nitrogens with zero attached hydrogens (tertiary/aromatic N) is 5. The summed E-state index contributed by atoms with van der Waals surface area (Å²) in [5.41, 5.74) is 1.95. The monoisotopic (exact) mass is 579 g/mol. The van der Waals surface area contributed by atoms with E-state index in [0.717, 1.165) is 37.9 Å². The highest BCUT2D eigenvalue weighted by molar-refractivity contribution is 7.88. The number of hydrogen-bond acceptors (Lipinski definition) is 10. The van der Waals surface area contributed by atoms with Crippen LogP contribution in [0.25, 0.3) is 0 Å². The van der Waals surface area contributed by atoms with Crippen molar-refractivity contribution < 1.29 is 22.7 Å². The van der Waals surface area contributed by atoms with Crippen LogP contribution in [-0.2, 0) is 14.8 Å². The Kier molecular flexibility index (Phi) is 8.84. The molecular formula is C25H34ClN7O5S. The van der Waals surface area contributed by atoms with E-state index in [4.69, 9.17) is 21.1 Å². The highest BCUT2D eigenvalue weighted by atomic mass is 35.5. The first kappa shape index (κ1) is 28.9. The molecule has 39 heavy (non-hydrogen) atoms. The molecule has 212 valence electrons. The van der Waals surface area contributed by atoms with E-state index >= 15 is 0 Å². The maximum absolute atomic E-state index is 12.3. The minimum Gasteiger partial charge on any atom is -0.494 e. The van der Waals surface area contributed by atoms with Crippen molar-refractivity contribution >= 4 is 50.5 Å². The first-order valence-electron chi connectivity index (χ1n) is 12.5. The molecule has 0 saturated carbocycles. The summed E-state index contributed by atoms with van der Waals surface area (Å²) in [6.45, 7) is 5.66. The molecule has 2 aliphatic rings. The number of carbonyl (C=O) groups excluding carboxylic acids is 1. The van der Waals surface area contributed by atoms with E-state index in [1.807, 2.05) is 6.07 Å². The number of rotatable bonds is 10. The van der Waals surface area contributed by atoms with Gasteiger partial charge in [0.05, 0.1) is 49.7 Å². The van der Waals surface area contributed by atoms with Crippen LogP contribution >= 0.6 is 11.6 Å². The van der Waals surface area contributed by atoms with E-state index in [0.29, 0.717) is 23.2 Å². The van der Waals surface area contributed by atoms with E-state index < -0.39 is 10.0 Å². The molecule has 1 aromatic carbocycles. The molecule has 0 radical (unpaired) electrons. The van der Waals surface area contributed by atoms with Crippen LogP contribution in [0.4, 0.5) is 23.0 Å². The minimum absolute atomic E-state index is 0.131. The Morgan fingerprint density at radius 1 is 1.23 bits per heavy atom. The number of anilines is 4. The van der Waals surface area contributed by atoms with Gasteiger partial charge in [0.2, 0.25) is 27.8 Å². The van der Waals surface area contributed by atoms with Gasteiger partial charge in [0.25, 0.3) is 0 Å². The Bertz CT molecular complexity index is 1330. The molecule has 0 bridgehead atoms. The maximum Gasteiger partial charge on any atom is 0.247 e. The van der Waals surface area contributed by atoms with Crippen LogP contribution < -0.4 is 25.0 Å². The lowest BCUT2D eigenvalue weighted by molar-refractivity contribution is -0.111. The van der Waals surface area contributed by atoms with Gasteiger partial charge in [-0.1, -0.05) is 18.2 Å². The average Bonchev–Trinajstić information content (AvgIpc) is 2.87. The standard InChI is InChI=1S/C25H34ClN7O5S/c1-6-23(34)28-19-11-20(22(37-4)12-21(19)32-9-7-16(8-10-32)31(2)3)29-25-27-13-18(26)24(30-25)38-17-14-33(15-17)39(5,35)36/h6,11-13,16-17H,1,7-10,14-15H2,2-5H3,(H,28,34)(H,27,29,30). The minimum atomic E-state index is -3.27. The van der Waals surface area contributed by atoms with Crippen molar-refractivity contribution in [1.29, 1.82) is 0 Å². The van der Waals surface area contributed by atoms with Crippen molar-refractivity contribution in [3.05, 3.63) is 36.0 Å². The van der Waals surface area contributed by atoms with Crippen molar-refractivity contribution in [2.75, 3.05) is 69.2 Å². The molecule has 2 N–H and O–H groups in total. The second-order valence-electron chi connectivity index (χ2n) is 9.74. The molecule has 0 spiro atoms. The zero-order valence-electron chi connectivity index (χ0n) is 22.5. The zero-order chi connectivity index (χ0) is 28.3. The maximum atomic E-state index is 12.3. The summed E-state index contributed by atoms with van der Waals surface area (Å²) in [6.07, 6.45) is 5.39. The van der Waals surface area contributed by atoms with Gasteiger partial charge in [0.1, 0.15) is 16.9 Å². The van der Waals surface area contributed by atoms with Gasteiger partial charge < -0.3 is 29.9 Å². The van der Waals surface area contributed by atoms with Gasteiger partial charge in [-0.15, -0.1) is 0 Å². The van der Waals surface area contributed by atoms with Crippen LogP contribution in [0.3, 0.4) is 0 Å². The summed E-state index contributed by atoms with van der Waals surface area (Å²) in [7, 11) is 2.47. The lowest BCUT2D eigenvalue weighted by atomic mass is 10.0. The molecule has 12 nitrogen and oxygen atoms in total. The van der Waals surface area contributed by atoms with Crippen molar-refractivity contribution in [3.8, 4) is 11.6 Å². The Hall–Kier alpha value is -3.13. The summed E-state index contributed by atoms with van der Waals surface area (Å²) >= 11 is 6.24. The van der Waals surface area contributed by atoms with Crippen LogP contribution in [0.15, 0.2) is 31.0 Å². The van der Waals surface area contributed by atoms with E-state index in [-0.39, 0.29) is 42.0 Å². The second kappa shape index (κ2) is 11.9. The van der Waals surface area contributed by atoms with Gasteiger partial charge in [-0.05, 0) is 39.1 Å². The summed E-state index contributed by atoms with van der Waals surface area (Å²) in [4.78, 5) is 25.4. The SMILES string of the molecule is C=CC(=O)Nc1cc(Nc2ncc(Cl)c(OC3CN(S(C)(=O)=O)C3)n2)c(OC)cc1N1CCC(N(C)C)CC1. The first-order chi connectivity index (χ1) is 18.5. The van der Waals surface area contributed by atoms with Crippen LogP contribution in [0.5, 0.6) is 11.6 Å². The number of sulfonamides is 1. The fourth-order valence-electron chi connectivity index (χ4n) is 4.52. The molecular weight excluding hydrogens is 546 g/mol. The van der Waals surface area contributed by atoms with Crippen LogP contribution in [0.1, 0.15) is 12.8 Å². The number of nitrogens with one attached hydrogen (secondary N) is 2. The van der Waals surface area contributed by atoms with Crippen molar-refractivity contribution in [2.24, 2.45) is 0 Å². The topological polar surface area (TPSA) is 129 Å². The fraction of sp³-hybridized carbons (Fsp3) is 0.480. The fourth-order valence-corrected chi connectivity index (χ4v) is 5.53. The number of hydrogen-bond donors (Lipinski definition) is 2.